The molecule has 2 rings (SSSR count). The van der Waals surface area contributed by atoms with E-state index in [9.17, 15) is 0 Å². The van der Waals surface area contributed by atoms with Crippen LogP contribution in [0, 0.1) is 0 Å². The molecule has 2 nitrogen and oxygen atoms in total. The third-order valence-corrected chi connectivity index (χ3v) is 3.21. The first kappa shape index (κ1) is 10.1. The van der Waals surface area contributed by atoms with Crippen molar-refractivity contribution in [2.75, 3.05) is 20.6 Å². The highest BCUT2D eigenvalue weighted by molar-refractivity contribution is 9.10. The minimum Gasteiger partial charge on any atom is -0.308 e. The molecule has 1 saturated carbocycles. The topological polar surface area (TPSA) is 16.1 Å². The van der Waals surface area contributed by atoms with Crippen molar-refractivity contribution in [3.8, 4) is 0 Å². The molecule has 0 atom stereocenters. The highest BCUT2D eigenvalue weighted by atomic mass is 79.9. The molecule has 1 fully saturated rings. The van der Waals surface area contributed by atoms with Crippen molar-refractivity contribution in [2.24, 2.45) is 0 Å². The lowest BCUT2D eigenvalue weighted by molar-refractivity contribution is 0.359. The first-order valence-corrected chi connectivity index (χ1v) is 5.68. The van der Waals surface area contributed by atoms with Crippen LogP contribution < -0.4 is 0 Å². The minimum atomic E-state index is 0.351. The molecule has 0 saturated heterocycles. The predicted molar refractivity (Wildman–Crippen MR) is 61.4 cm³/mol. The summed E-state index contributed by atoms with van der Waals surface area (Å²) in [6.45, 7) is 1.11. The van der Waals surface area contributed by atoms with Gasteiger partial charge in [0.25, 0.3) is 0 Å². The van der Waals surface area contributed by atoms with E-state index in [2.05, 4.69) is 52.0 Å². The molecule has 0 bridgehead atoms. The summed E-state index contributed by atoms with van der Waals surface area (Å²) in [7, 11) is 4.25. The second kappa shape index (κ2) is 3.63. The quantitative estimate of drug-likeness (QED) is 0.824. The van der Waals surface area contributed by atoms with Crippen molar-refractivity contribution in [1.29, 1.82) is 0 Å². The van der Waals surface area contributed by atoms with Crippen molar-refractivity contribution >= 4 is 15.9 Å². The Morgan fingerprint density at radius 1 is 1.43 bits per heavy atom. The van der Waals surface area contributed by atoms with Gasteiger partial charge in [0.15, 0.2) is 0 Å². The van der Waals surface area contributed by atoms with Gasteiger partial charge in [-0.1, -0.05) is 0 Å². The van der Waals surface area contributed by atoms with E-state index >= 15 is 0 Å². The second-order valence-electron chi connectivity index (χ2n) is 4.38. The fourth-order valence-electron chi connectivity index (χ4n) is 1.94. The molecule has 1 aliphatic carbocycles. The summed E-state index contributed by atoms with van der Waals surface area (Å²) in [6.07, 6.45) is 4.45. The van der Waals surface area contributed by atoms with Crippen LogP contribution in [0.1, 0.15) is 18.5 Å². The van der Waals surface area contributed by atoms with E-state index in [-0.39, 0.29) is 0 Å². The molecule has 0 N–H and O–H groups in total. The van der Waals surface area contributed by atoms with Crippen molar-refractivity contribution in [2.45, 2.75) is 18.3 Å². The van der Waals surface area contributed by atoms with E-state index in [0.717, 1.165) is 11.0 Å². The Hall–Kier alpha value is -0.410. The zero-order valence-corrected chi connectivity index (χ0v) is 10.2. The fourth-order valence-corrected chi connectivity index (χ4v) is 2.18. The SMILES string of the molecule is CN(C)CC1(c2ccc(Br)cn2)CC1. The number of likely N-dealkylation sites (N-methyl/N-ethyl adjacent to an activating group) is 1. The molecule has 1 aromatic rings. The molecule has 1 aliphatic rings. The van der Waals surface area contributed by atoms with Crippen LogP contribution in [-0.4, -0.2) is 30.5 Å². The molecule has 76 valence electrons. The van der Waals surface area contributed by atoms with E-state index in [1.165, 1.54) is 18.5 Å². The summed E-state index contributed by atoms with van der Waals surface area (Å²) >= 11 is 3.41. The van der Waals surface area contributed by atoms with Gasteiger partial charge in [-0.25, -0.2) is 0 Å². The maximum absolute atomic E-state index is 4.49. The molecule has 1 heterocycles. The Morgan fingerprint density at radius 3 is 2.57 bits per heavy atom. The Morgan fingerprint density at radius 2 is 2.14 bits per heavy atom. The minimum absolute atomic E-state index is 0.351. The van der Waals surface area contributed by atoms with E-state index in [1.807, 2.05) is 6.20 Å². The Bertz CT molecular complexity index is 315. The highest BCUT2D eigenvalue weighted by Crippen LogP contribution is 2.47. The van der Waals surface area contributed by atoms with Crippen LogP contribution in [-0.2, 0) is 5.41 Å². The smallest absolute Gasteiger partial charge is 0.0479 e. The van der Waals surface area contributed by atoms with Crippen molar-refractivity contribution in [1.82, 2.24) is 9.88 Å². The van der Waals surface area contributed by atoms with Crippen LogP contribution in [0.25, 0.3) is 0 Å². The van der Waals surface area contributed by atoms with Gasteiger partial charge < -0.3 is 4.90 Å². The fraction of sp³-hybridized carbons (Fsp3) is 0.545. The van der Waals surface area contributed by atoms with Gasteiger partial charge in [0.1, 0.15) is 0 Å². The normalized spacial score (nSPS) is 18.6. The average Bonchev–Trinajstić information content (AvgIpc) is 2.85. The number of aromatic nitrogens is 1. The summed E-state index contributed by atoms with van der Waals surface area (Å²) in [6, 6.07) is 4.22. The lowest BCUT2D eigenvalue weighted by atomic mass is 10.0. The lowest BCUT2D eigenvalue weighted by Gasteiger charge is -2.19. The van der Waals surface area contributed by atoms with Crippen molar-refractivity contribution in [3.63, 3.8) is 0 Å². The molecule has 3 heteroatoms. The number of hydrogen-bond acceptors (Lipinski definition) is 2. The summed E-state index contributed by atoms with van der Waals surface area (Å²) in [4.78, 5) is 6.74. The Kier molecular flexibility index (Phi) is 2.62. The van der Waals surface area contributed by atoms with E-state index in [0.29, 0.717) is 5.41 Å². The van der Waals surface area contributed by atoms with Gasteiger partial charge in [-0.15, -0.1) is 0 Å². The standard InChI is InChI=1S/C11H15BrN2/c1-14(2)8-11(5-6-11)10-4-3-9(12)7-13-10/h3-4,7H,5-6,8H2,1-2H3. The molecule has 0 aromatic carbocycles. The molecule has 0 radical (unpaired) electrons. The van der Waals surface area contributed by atoms with Crippen LogP contribution in [0.2, 0.25) is 0 Å². The van der Waals surface area contributed by atoms with Gasteiger partial charge in [0, 0.05) is 28.3 Å². The number of hydrogen-bond donors (Lipinski definition) is 0. The highest BCUT2D eigenvalue weighted by Gasteiger charge is 2.45. The molecule has 1 aromatic heterocycles. The van der Waals surface area contributed by atoms with Gasteiger partial charge in [-0.3, -0.25) is 4.98 Å². The molecule has 0 amide bonds. The molecule has 0 spiro atoms. The predicted octanol–water partition coefficient (Wildman–Crippen LogP) is 2.44. The van der Waals surface area contributed by atoms with Crippen LogP contribution in [0.15, 0.2) is 22.8 Å². The van der Waals surface area contributed by atoms with Crippen molar-refractivity contribution < 1.29 is 0 Å². The summed E-state index contributed by atoms with van der Waals surface area (Å²) < 4.78 is 1.06. The van der Waals surface area contributed by atoms with Crippen LogP contribution in [0.4, 0.5) is 0 Å². The Labute approximate surface area is 93.5 Å². The third kappa shape index (κ3) is 1.98. The number of pyridine rings is 1. The molecule has 14 heavy (non-hydrogen) atoms. The summed E-state index contributed by atoms with van der Waals surface area (Å²) in [5.74, 6) is 0. The van der Waals surface area contributed by atoms with Gasteiger partial charge in [0.05, 0.1) is 0 Å². The van der Waals surface area contributed by atoms with E-state index in [4.69, 9.17) is 0 Å². The molecule has 0 unspecified atom stereocenters. The first-order chi connectivity index (χ1) is 6.62. The molecule has 0 aliphatic heterocycles. The maximum Gasteiger partial charge on any atom is 0.0479 e. The zero-order valence-electron chi connectivity index (χ0n) is 8.63. The van der Waals surface area contributed by atoms with E-state index < -0.39 is 0 Å². The van der Waals surface area contributed by atoms with Gasteiger partial charge in [-0.2, -0.15) is 0 Å². The molecular formula is C11H15BrN2. The van der Waals surface area contributed by atoms with Gasteiger partial charge in [0.2, 0.25) is 0 Å². The first-order valence-electron chi connectivity index (χ1n) is 4.89. The molecular weight excluding hydrogens is 240 g/mol. The van der Waals surface area contributed by atoms with E-state index in [1.54, 1.807) is 0 Å². The van der Waals surface area contributed by atoms with Crippen molar-refractivity contribution in [3.05, 3.63) is 28.5 Å². The van der Waals surface area contributed by atoms with Gasteiger partial charge in [-0.05, 0) is 55.0 Å². The third-order valence-electron chi connectivity index (χ3n) is 2.74. The lowest BCUT2D eigenvalue weighted by Crippen LogP contribution is -2.26. The number of rotatable bonds is 3. The monoisotopic (exact) mass is 254 g/mol. The number of nitrogens with zero attached hydrogens (tertiary/aromatic N) is 2. The number of halogens is 1. The van der Waals surface area contributed by atoms with Crippen LogP contribution in [0.5, 0.6) is 0 Å². The Balaban J connectivity index is 2.18. The second-order valence-corrected chi connectivity index (χ2v) is 5.30. The largest absolute Gasteiger partial charge is 0.308 e. The maximum atomic E-state index is 4.49. The summed E-state index contributed by atoms with van der Waals surface area (Å²) in [5, 5.41) is 0. The van der Waals surface area contributed by atoms with Crippen LogP contribution >= 0.6 is 15.9 Å². The zero-order chi connectivity index (χ0) is 10.2. The summed E-state index contributed by atoms with van der Waals surface area (Å²) in [5.41, 5.74) is 1.60. The average molecular weight is 255 g/mol. The van der Waals surface area contributed by atoms with Gasteiger partial charge >= 0.3 is 0 Å². The van der Waals surface area contributed by atoms with Crippen LogP contribution in [0.3, 0.4) is 0 Å².